The van der Waals surface area contributed by atoms with Crippen molar-refractivity contribution in [1.29, 1.82) is 0 Å². The molecule has 5 rings (SSSR count). The lowest BCUT2D eigenvalue weighted by Gasteiger charge is -2.32. The van der Waals surface area contributed by atoms with Crippen LogP contribution in [-0.4, -0.2) is 56.6 Å². The van der Waals surface area contributed by atoms with E-state index < -0.39 is 0 Å². The second kappa shape index (κ2) is 7.81. The van der Waals surface area contributed by atoms with Crippen LogP contribution in [0.2, 0.25) is 0 Å². The number of rotatable bonds is 3. The van der Waals surface area contributed by atoms with Crippen LogP contribution < -0.4 is 4.90 Å². The summed E-state index contributed by atoms with van der Waals surface area (Å²) in [6.07, 6.45) is 9.24. The Hall–Kier alpha value is -2.96. The number of anilines is 1. The number of carbonyl (C=O) groups excluding carboxylic acids is 1. The fourth-order valence-corrected chi connectivity index (χ4v) is 4.51. The molecule has 150 valence electrons. The molecule has 1 amide bonds. The number of hydrogen-bond acceptors (Lipinski definition) is 5. The maximum Gasteiger partial charge on any atom is 0.254 e. The van der Waals surface area contributed by atoms with Crippen molar-refractivity contribution < 1.29 is 4.79 Å². The van der Waals surface area contributed by atoms with E-state index in [4.69, 9.17) is 0 Å². The summed E-state index contributed by atoms with van der Waals surface area (Å²) in [4.78, 5) is 21.6. The number of likely N-dealkylation sites (tertiary alicyclic amines) is 1. The summed E-state index contributed by atoms with van der Waals surface area (Å²) in [7, 11) is 0. The zero-order valence-corrected chi connectivity index (χ0v) is 16.6. The van der Waals surface area contributed by atoms with E-state index in [-0.39, 0.29) is 5.91 Å². The first-order chi connectivity index (χ1) is 14.3. The average Bonchev–Trinajstić information content (AvgIpc) is 3.24. The van der Waals surface area contributed by atoms with E-state index in [9.17, 15) is 4.79 Å². The molecule has 5 heterocycles. The molecule has 7 heteroatoms. The van der Waals surface area contributed by atoms with E-state index in [0.717, 1.165) is 74.7 Å². The molecule has 29 heavy (non-hydrogen) atoms. The van der Waals surface area contributed by atoms with E-state index >= 15 is 0 Å². The Morgan fingerprint density at radius 3 is 2.62 bits per heavy atom. The summed E-state index contributed by atoms with van der Waals surface area (Å²) in [5.41, 5.74) is 1.65. The molecular formula is C22H26N6O. The van der Waals surface area contributed by atoms with Crippen LogP contribution in [-0.2, 0) is 0 Å². The summed E-state index contributed by atoms with van der Waals surface area (Å²) in [5, 5.41) is 8.73. The smallest absolute Gasteiger partial charge is 0.254 e. The molecular weight excluding hydrogens is 364 g/mol. The van der Waals surface area contributed by atoms with E-state index in [1.807, 2.05) is 41.4 Å². The van der Waals surface area contributed by atoms with Crippen LogP contribution in [0.15, 0.2) is 42.7 Å². The molecule has 0 aliphatic carbocycles. The highest BCUT2D eigenvalue weighted by Crippen LogP contribution is 2.29. The molecule has 0 aromatic carbocycles. The van der Waals surface area contributed by atoms with Crippen LogP contribution in [0.1, 0.15) is 54.2 Å². The maximum absolute atomic E-state index is 12.8. The number of fused-ring (bicyclic) bond motifs is 1. The van der Waals surface area contributed by atoms with Gasteiger partial charge >= 0.3 is 0 Å². The molecule has 3 aromatic heterocycles. The lowest BCUT2D eigenvalue weighted by atomic mass is 9.96. The minimum atomic E-state index is 0.137. The first-order valence-corrected chi connectivity index (χ1v) is 10.6. The minimum absolute atomic E-state index is 0.137. The van der Waals surface area contributed by atoms with E-state index in [1.165, 1.54) is 6.42 Å². The number of carbonyl (C=O) groups is 1. The molecule has 3 aromatic rings. The van der Waals surface area contributed by atoms with E-state index in [0.29, 0.717) is 5.92 Å². The molecule has 2 aliphatic rings. The summed E-state index contributed by atoms with van der Waals surface area (Å²) in [6.45, 7) is 3.55. The van der Waals surface area contributed by atoms with E-state index in [2.05, 4.69) is 24.5 Å². The number of hydrogen-bond donors (Lipinski definition) is 0. The van der Waals surface area contributed by atoms with Crippen molar-refractivity contribution in [3.8, 4) is 0 Å². The summed E-state index contributed by atoms with van der Waals surface area (Å²) in [5.74, 6) is 2.47. The molecule has 0 bridgehead atoms. The van der Waals surface area contributed by atoms with Crippen LogP contribution in [0.25, 0.3) is 5.65 Å². The molecule has 0 saturated carbocycles. The summed E-state index contributed by atoms with van der Waals surface area (Å²) < 4.78 is 2.09. The number of nitrogens with zero attached hydrogens (tertiary/aromatic N) is 6. The summed E-state index contributed by atoms with van der Waals surface area (Å²) >= 11 is 0. The van der Waals surface area contributed by atoms with Gasteiger partial charge in [0.25, 0.3) is 5.91 Å². The fraction of sp³-hybridized carbons (Fsp3) is 0.455. The van der Waals surface area contributed by atoms with Gasteiger partial charge in [0, 0.05) is 50.1 Å². The maximum atomic E-state index is 12.8. The Bertz CT molecular complexity index is 1000. The molecule has 2 aliphatic heterocycles. The fourth-order valence-electron chi connectivity index (χ4n) is 4.51. The lowest BCUT2D eigenvalue weighted by molar-refractivity contribution is 0.0724. The van der Waals surface area contributed by atoms with Gasteiger partial charge in [0.05, 0.1) is 0 Å². The number of aromatic nitrogens is 4. The topological polar surface area (TPSA) is 66.6 Å². The van der Waals surface area contributed by atoms with Crippen LogP contribution in [0.5, 0.6) is 0 Å². The van der Waals surface area contributed by atoms with Crippen LogP contribution in [0, 0.1) is 0 Å². The largest absolute Gasteiger partial charge is 0.357 e. The predicted octanol–water partition coefficient (Wildman–Crippen LogP) is 3.13. The van der Waals surface area contributed by atoms with Crippen LogP contribution >= 0.6 is 0 Å². The third kappa shape index (κ3) is 3.57. The monoisotopic (exact) mass is 390 g/mol. The molecule has 0 spiro atoms. The quantitative estimate of drug-likeness (QED) is 0.687. The Kier molecular flexibility index (Phi) is 4.87. The second-order valence-electron chi connectivity index (χ2n) is 8.00. The number of amides is 1. The van der Waals surface area contributed by atoms with Gasteiger partial charge in [-0.15, -0.1) is 10.2 Å². The standard InChI is InChI=1S/C22H26N6O/c29-22(27-11-3-1-4-12-27)18-7-10-23-20(16-18)26-14-8-17(9-15-26)21-25-24-19-6-2-5-13-28(19)21/h2,5-7,10,13,16-17H,1,3-4,8-9,11-12,14-15H2. The molecule has 2 fully saturated rings. The van der Waals surface area contributed by atoms with Gasteiger partial charge in [-0.05, 0) is 56.4 Å². The Morgan fingerprint density at radius 1 is 0.966 bits per heavy atom. The highest BCUT2D eigenvalue weighted by molar-refractivity contribution is 5.94. The molecule has 0 N–H and O–H groups in total. The number of pyridine rings is 2. The summed E-state index contributed by atoms with van der Waals surface area (Å²) in [6, 6.07) is 9.80. The molecule has 0 atom stereocenters. The predicted molar refractivity (Wildman–Crippen MR) is 111 cm³/mol. The van der Waals surface area contributed by atoms with Crippen molar-refractivity contribution >= 4 is 17.4 Å². The molecule has 0 unspecified atom stereocenters. The van der Waals surface area contributed by atoms with Gasteiger partial charge in [0.15, 0.2) is 5.65 Å². The highest BCUT2D eigenvalue weighted by Gasteiger charge is 2.26. The number of piperidine rings is 2. The van der Waals surface area contributed by atoms with Gasteiger partial charge in [0.1, 0.15) is 11.6 Å². The first kappa shape index (κ1) is 18.1. The van der Waals surface area contributed by atoms with Gasteiger partial charge in [-0.3, -0.25) is 9.20 Å². The zero-order chi connectivity index (χ0) is 19.6. The SMILES string of the molecule is O=C(c1ccnc(N2CCC(c3nnc4ccccn34)CC2)c1)N1CCCCC1. The van der Waals surface area contributed by atoms with Crippen LogP contribution in [0.4, 0.5) is 5.82 Å². The van der Waals surface area contributed by atoms with Gasteiger partial charge in [-0.25, -0.2) is 4.98 Å². The highest BCUT2D eigenvalue weighted by atomic mass is 16.2. The normalized spacial score (nSPS) is 18.3. The van der Waals surface area contributed by atoms with Gasteiger partial charge in [-0.2, -0.15) is 0 Å². The molecule has 2 saturated heterocycles. The lowest BCUT2D eigenvalue weighted by Crippen LogP contribution is -2.36. The van der Waals surface area contributed by atoms with Crippen LogP contribution in [0.3, 0.4) is 0 Å². The third-order valence-corrected chi connectivity index (χ3v) is 6.16. The Morgan fingerprint density at radius 2 is 1.79 bits per heavy atom. The Balaban J connectivity index is 1.28. The van der Waals surface area contributed by atoms with Crippen molar-refractivity contribution in [1.82, 2.24) is 24.5 Å². The van der Waals surface area contributed by atoms with Crippen molar-refractivity contribution in [2.75, 3.05) is 31.1 Å². The average molecular weight is 390 g/mol. The van der Waals surface area contributed by atoms with Gasteiger partial charge in [0.2, 0.25) is 0 Å². The van der Waals surface area contributed by atoms with Crippen molar-refractivity contribution in [3.63, 3.8) is 0 Å². The van der Waals surface area contributed by atoms with Crippen molar-refractivity contribution in [2.24, 2.45) is 0 Å². The second-order valence-corrected chi connectivity index (χ2v) is 8.00. The van der Waals surface area contributed by atoms with Crippen molar-refractivity contribution in [3.05, 3.63) is 54.1 Å². The minimum Gasteiger partial charge on any atom is -0.357 e. The third-order valence-electron chi connectivity index (χ3n) is 6.16. The first-order valence-electron chi connectivity index (χ1n) is 10.6. The van der Waals surface area contributed by atoms with Gasteiger partial charge in [-0.1, -0.05) is 6.07 Å². The zero-order valence-electron chi connectivity index (χ0n) is 16.6. The van der Waals surface area contributed by atoms with Gasteiger partial charge < -0.3 is 9.80 Å². The Labute approximate surface area is 170 Å². The molecule has 0 radical (unpaired) electrons. The van der Waals surface area contributed by atoms with E-state index in [1.54, 1.807) is 6.20 Å². The molecule has 7 nitrogen and oxygen atoms in total. The van der Waals surface area contributed by atoms with Crippen molar-refractivity contribution in [2.45, 2.75) is 38.0 Å².